The van der Waals surface area contributed by atoms with Crippen molar-refractivity contribution in [1.82, 2.24) is 0 Å². The van der Waals surface area contributed by atoms with E-state index in [0.29, 0.717) is 17.9 Å². The van der Waals surface area contributed by atoms with Crippen LogP contribution in [0, 0.1) is 0 Å². The number of ketones is 1. The van der Waals surface area contributed by atoms with Gasteiger partial charge in [0.05, 0.1) is 33.9 Å². The number of nitrogens with one attached hydrogen (secondary N) is 1. The number of benzene rings is 3. The quantitative estimate of drug-likeness (QED) is 0.246. The first-order valence-corrected chi connectivity index (χ1v) is 13.2. The van der Waals surface area contributed by atoms with Crippen molar-refractivity contribution < 1.29 is 19.2 Å². The number of quaternary nitrogens is 1. The SMILES string of the molecule is COc1ccc(/C=C2\c3ccccc3-c3ccc(C(=O)CCCC[NH+]4CCCCC4)cc32)cc1OC. The van der Waals surface area contributed by atoms with Gasteiger partial charge in [-0.05, 0) is 89.8 Å². The molecule has 0 amide bonds. The van der Waals surface area contributed by atoms with E-state index in [0.717, 1.165) is 35.1 Å². The lowest BCUT2D eigenvalue weighted by molar-refractivity contribution is -0.905. The molecule has 36 heavy (non-hydrogen) atoms. The van der Waals surface area contributed by atoms with Crippen molar-refractivity contribution in [2.45, 2.75) is 38.5 Å². The standard InChI is InChI=1S/C32H35NO3/c1-35-31-16-13-23(21-32(31)36-2)20-28-26-11-5-4-10-25(26)27-15-14-24(22-29(27)28)30(34)12-6-9-19-33-17-7-3-8-18-33/h4-5,10-11,13-16,20-22H,3,6-9,12,17-19H2,1-2H3/p+1/b28-20+. The third kappa shape index (κ3) is 5.10. The van der Waals surface area contributed by atoms with E-state index in [-0.39, 0.29) is 5.78 Å². The summed E-state index contributed by atoms with van der Waals surface area (Å²) in [6, 6.07) is 20.6. The summed E-state index contributed by atoms with van der Waals surface area (Å²) in [7, 11) is 3.30. The Balaban J connectivity index is 1.38. The van der Waals surface area contributed by atoms with Gasteiger partial charge in [-0.3, -0.25) is 4.79 Å². The molecule has 0 bridgehead atoms. The number of fused-ring (bicyclic) bond motifs is 3. The van der Waals surface area contributed by atoms with Gasteiger partial charge in [-0.1, -0.05) is 42.5 Å². The fraction of sp³-hybridized carbons (Fsp3) is 0.344. The monoisotopic (exact) mass is 482 g/mol. The zero-order chi connectivity index (χ0) is 24.9. The maximum absolute atomic E-state index is 13.1. The number of likely N-dealkylation sites (tertiary alicyclic amines) is 1. The summed E-state index contributed by atoms with van der Waals surface area (Å²) in [4.78, 5) is 14.8. The van der Waals surface area contributed by atoms with Gasteiger partial charge in [0.1, 0.15) is 0 Å². The van der Waals surface area contributed by atoms with Crippen molar-refractivity contribution in [3.05, 3.63) is 82.9 Å². The normalized spacial score (nSPS) is 16.0. The van der Waals surface area contributed by atoms with Crippen LogP contribution in [-0.4, -0.2) is 39.6 Å². The van der Waals surface area contributed by atoms with Gasteiger partial charge in [-0.2, -0.15) is 0 Å². The average molecular weight is 483 g/mol. The minimum absolute atomic E-state index is 0.243. The van der Waals surface area contributed by atoms with E-state index >= 15 is 0 Å². The van der Waals surface area contributed by atoms with E-state index in [1.54, 1.807) is 19.1 Å². The van der Waals surface area contributed by atoms with Crippen molar-refractivity contribution in [2.24, 2.45) is 0 Å². The minimum Gasteiger partial charge on any atom is -0.493 e. The molecule has 0 saturated carbocycles. The molecule has 5 rings (SSSR count). The van der Waals surface area contributed by atoms with Gasteiger partial charge in [0.15, 0.2) is 17.3 Å². The third-order valence-electron chi connectivity index (χ3n) is 7.60. The summed E-state index contributed by atoms with van der Waals surface area (Å²) < 4.78 is 10.9. The van der Waals surface area contributed by atoms with Crippen molar-refractivity contribution in [3.63, 3.8) is 0 Å². The van der Waals surface area contributed by atoms with Gasteiger partial charge in [0.25, 0.3) is 0 Å². The number of hydrogen-bond acceptors (Lipinski definition) is 3. The number of carbonyl (C=O) groups is 1. The second-order valence-corrected chi connectivity index (χ2v) is 9.92. The number of Topliss-reactive ketones (excluding diaryl/α,β-unsaturated/α-hetero) is 1. The molecule has 1 saturated heterocycles. The molecule has 1 heterocycles. The van der Waals surface area contributed by atoms with Crippen LogP contribution in [0.25, 0.3) is 22.8 Å². The summed E-state index contributed by atoms with van der Waals surface area (Å²) in [6.07, 6.45) is 8.98. The van der Waals surface area contributed by atoms with E-state index in [1.165, 1.54) is 55.6 Å². The highest BCUT2D eigenvalue weighted by Crippen LogP contribution is 2.45. The predicted molar refractivity (Wildman–Crippen MR) is 146 cm³/mol. The molecule has 4 nitrogen and oxygen atoms in total. The Morgan fingerprint density at radius 3 is 2.33 bits per heavy atom. The van der Waals surface area contributed by atoms with Crippen LogP contribution in [0.3, 0.4) is 0 Å². The molecule has 0 unspecified atom stereocenters. The van der Waals surface area contributed by atoms with Crippen LogP contribution in [0.5, 0.6) is 11.5 Å². The largest absolute Gasteiger partial charge is 0.493 e. The van der Waals surface area contributed by atoms with Crippen molar-refractivity contribution in [1.29, 1.82) is 0 Å². The van der Waals surface area contributed by atoms with E-state index in [9.17, 15) is 4.79 Å². The highest BCUT2D eigenvalue weighted by Gasteiger charge is 2.24. The number of piperidine rings is 1. The first-order chi connectivity index (χ1) is 17.7. The van der Waals surface area contributed by atoms with Gasteiger partial charge >= 0.3 is 0 Å². The molecule has 0 spiro atoms. The van der Waals surface area contributed by atoms with Crippen LogP contribution in [0.4, 0.5) is 0 Å². The lowest BCUT2D eigenvalue weighted by atomic mass is 9.96. The summed E-state index contributed by atoms with van der Waals surface area (Å²) >= 11 is 0. The third-order valence-corrected chi connectivity index (χ3v) is 7.60. The van der Waals surface area contributed by atoms with Crippen LogP contribution >= 0.6 is 0 Å². The van der Waals surface area contributed by atoms with E-state index in [1.807, 2.05) is 24.3 Å². The molecule has 4 heteroatoms. The number of rotatable bonds is 9. The van der Waals surface area contributed by atoms with Crippen molar-refractivity contribution >= 4 is 17.4 Å². The minimum atomic E-state index is 0.243. The summed E-state index contributed by atoms with van der Waals surface area (Å²) in [5.41, 5.74) is 7.68. The molecule has 0 aromatic heterocycles. The Morgan fingerprint density at radius 1 is 0.806 bits per heavy atom. The summed E-state index contributed by atoms with van der Waals surface area (Å²) in [6.45, 7) is 3.80. The Bertz CT molecular complexity index is 1270. The molecule has 2 aliphatic rings. The van der Waals surface area contributed by atoms with Gasteiger partial charge in [-0.25, -0.2) is 0 Å². The lowest BCUT2D eigenvalue weighted by Crippen LogP contribution is -3.12. The zero-order valence-electron chi connectivity index (χ0n) is 21.4. The molecule has 3 aromatic carbocycles. The molecular weight excluding hydrogens is 446 g/mol. The molecule has 0 atom stereocenters. The zero-order valence-corrected chi connectivity index (χ0v) is 21.4. The van der Waals surface area contributed by atoms with E-state index in [2.05, 4.69) is 42.5 Å². The Morgan fingerprint density at radius 2 is 1.56 bits per heavy atom. The molecular formula is C32H36NO3+. The Kier molecular flexibility index (Phi) is 7.52. The molecule has 1 aliphatic carbocycles. The Labute approximate surface area is 214 Å². The highest BCUT2D eigenvalue weighted by atomic mass is 16.5. The molecule has 1 fully saturated rings. The Hall–Kier alpha value is -3.37. The maximum atomic E-state index is 13.1. The second-order valence-electron chi connectivity index (χ2n) is 9.92. The number of methoxy groups -OCH3 is 2. The van der Waals surface area contributed by atoms with Crippen LogP contribution < -0.4 is 14.4 Å². The fourth-order valence-corrected chi connectivity index (χ4v) is 5.64. The van der Waals surface area contributed by atoms with E-state index in [4.69, 9.17) is 9.47 Å². The van der Waals surface area contributed by atoms with Crippen molar-refractivity contribution in [3.8, 4) is 22.6 Å². The fourth-order valence-electron chi connectivity index (χ4n) is 5.64. The van der Waals surface area contributed by atoms with Crippen molar-refractivity contribution in [2.75, 3.05) is 33.9 Å². The number of ether oxygens (including phenoxy) is 2. The molecule has 3 aromatic rings. The first-order valence-electron chi connectivity index (χ1n) is 13.2. The summed E-state index contributed by atoms with van der Waals surface area (Å²) in [5.74, 6) is 1.66. The first kappa shape index (κ1) is 24.3. The van der Waals surface area contributed by atoms with Gasteiger partial charge < -0.3 is 14.4 Å². The predicted octanol–water partition coefficient (Wildman–Crippen LogP) is 5.69. The maximum Gasteiger partial charge on any atom is 0.162 e. The highest BCUT2D eigenvalue weighted by molar-refractivity contribution is 6.08. The number of hydrogen-bond donors (Lipinski definition) is 1. The van der Waals surface area contributed by atoms with Gasteiger partial charge in [0.2, 0.25) is 0 Å². The van der Waals surface area contributed by atoms with Crippen LogP contribution in [-0.2, 0) is 0 Å². The van der Waals surface area contributed by atoms with Crippen LogP contribution in [0.1, 0.15) is 65.6 Å². The molecule has 0 radical (unpaired) electrons. The average Bonchev–Trinajstić information content (AvgIpc) is 3.24. The van der Waals surface area contributed by atoms with Gasteiger partial charge in [0, 0.05) is 12.0 Å². The topological polar surface area (TPSA) is 40.0 Å². The molecule has 1 aliphatic heterocycles. The van der Waals surface area contributed by atoms with Crippen LogP contribution in [0.2, 0.25) is 0 Å². The smallest absolute Gasteiger partial charge is 0.162 e. The van der Waals surface area contributed by atoms with E-state index < -0.39 is 0 Å². The molecule has 186 valence electrons. The number of unbranched alkanes of at least 4 members (excludes halogenated alkanes) is 1. The van der Waals surface area contributed by atoms with Gasteiger partial charge in [-0.15, -0.1) is 0 Å². The van der Waals surface area contributed by atoms with Crippen LogP contribution in [0.15, 0.2) is 60.7 Å². The lowest BCUT2D eigenvalue weighted by Gasteiger charge is -2.23. The molecule has 1 N–H and O–H groups in total. The second kappa shape index (κ2) is 11.1. The number of carbonyl (C=O) groups excluding carboxylic acids is 1. The summed E-state index contributed by atoms with van der Waals surface area (Å²) in [5, 5.41) is 0.